The largest absolute Gasteiger partial charge is 0.482 e. The van der Waals surface area contributed by atoms with Crippen molar-refractivity contribution in [3.8, 4) is 0 Å². The molecule has 0 radical (unpaired) electrons. The van der Waals surface area contributed by atoms with E-state index >= 15 is 0 Å². The standard InChI is InChI=1S/C10H15NOS/c1-5-12-10(13)9-7(3)6(2)8(4)11-9/h11H,5H2,1-4H3. The van der Waals surface area contributed by atoms with Gasteiger partial charge in [-0.15, -0.1) is 0 Å². The summed E-state index contributed by atoms with van der Waals surface area (Å²) in [6.45, 7) is 8.73. The highest BCUT2D eigenvalue weighted by Crippen LogP contribution is 2.17. The smallest absolute Gasteiger partial charge is 0.208 e. The average molecular weight is 197 g/mol. The molecule has 0 amide bonds. The van der Waals surface area contributed by atoms with Crippen LogP contribution in [0.3, 0.4) is 0 Å². The number of ether oxygens (including phenoxy) is 1. The van der Waals surface area contributed by atoms with Crippen molar-refractivity contribution in [3.63, 3.8) is 0 Å². The minimum atomic E-state index is 0.566. The van der Waals surface area contributed by atoms with Crippen LogP contribution in [0, 0.1) is 20.8 Å². The molecule has 13 heavy (non-hydrogen) atoms. The molecular formula is C10H15NOS. The maximum absolute atomic E-state index is 5.28. The van der Waals surface area contributed by atoms with Gasteiger partial charge in [-0.3, -0.25) is 0 Å². The molecule has 0 aliphatic carbocycles. The van der Waals surface area contributed by atoms with Crippen LogP contribution in [0.5, 0.6) is 0 Å². The van der Waals surface area contributed by atoms with Gasteiger partial charge >= 0.3 is 0 Å². The Morgan fingerprint density at radius 3 is 2.31 bits per heavy atom. The fraction of sp³-hybridized carbons (Fsp3) is 0.500. The van der Waals surface area contributed by atoms with E-state index in [1.54, 1.807) is 0 Å². The van der Waals surface area contributed by atoms with Gasteiger partial charge in [-0.2, -0.15) is 0 Å². The fourth-order valence-corrected chi connectivity index (χ4v) is 1.57. The first-order chi connectivity index (χ1) is 6.07. The maximum atomic E-state index is 5.28. The number of aromatic amines is 1. The topological polar surface area (TPSA) is 25.0 Å². The third kappa shape index (κ3) is 1.91. The molecule has 1 aromatic rings. The van der Waals surface area contributed by atoms with Crippen LogP contribution >= 0.6 is 12.2 Å². The van der Waals surface area contributed by atoms with Crippen LogP contribution in [-0.2, 0) is 4.74 Å². The van der Waals surface area contributed by atoms with Crippen LogP contribution in [0.1, 0.15) is 29.4 Å². The van der Waals surface area contributed by atoms with Gasteiger partial charge in [0.25, 0.3) is 0 Å². The molecule has 0 aliphatic heterocycles. The number of nitrogens with one attached hydrogen (secondary N) is 1. The van der Waals surface area contributed by atoms with Crippen molar-refractivity contribution in [2.45, 2.75) is 27.7 Å². The van der Waals surface area contributed by atoms with Crippen molar-refractivity contribution in [1.29, 1.82) is 0 Å². The Morgan fingerprint density at radius 1 is 1.31 bits per heavy atom. The van der Waals surface area contributed by atoms with E-state index in [1.165, 1.54) is 11.1 Å². The molecule has 0 atom stereocenters. The van der Waals surface area contributed by atoms with Crippen LogP contribution in [-0.4, -0.2) is 16.6 Å². The lowest BCUT2D eigenvalue weighted by molar-refractivity contribution is 0.336. The zero-order valence-corrected chi connectivity index (χ0v) is 9.34. The molecule has 0 spiro atoms. The average Bonchev–Trinajstić information content (AvgIpc) is 2.33. The normalized spacial score (nSPS) is 10.2. The number of hydrogen-bond acceptors (Lipinski definition) is 2. The second-order valence-electron chi connectivity index (χ2n) is 3.10. The molecule has 2 nitrogen and oxygen atoms in total. The van der Waals surface area contributed by atoms with E-state index in [4.69, 9.17) is 17.0 Å². The van der Waals surface area contributed by atoms with Crippen LogP contribution in [0.15, 0.2) is 0 Å². The van der Waals surface area contributed by atoms with Crippen molar-refractivity contribution in [3.05, 3.63) is 22.5 Å². The van der Waals surface area contributed by atoms with Gasteiger partial charge in [0.15, 0.2) is 0 Å². The minimum Gasteiger partial charge on any atom is -0.482 e. The van der Waals surface area contributed by atoms with E-state index in [-0.39, 0.29) is 0 Å². The molecule has 1 heterocycles. The van der Waals surface area contributed by atoms with Crippen LogP contribution < -0.4 is 0 Å². The Balaban J connectivity index is 3.01. The predicted octanol–water partition coefficient (Wildman–Crippen LogP) is 2.65. The third-order valence-electron chi connectivity index (χ3n) is 2.29. The molecule has 0 fully saturated rings. The summed E-state index contributed by atoms with van der Waals surface area (Å²) in [5, 5.41) is 0.566. The van der Waals surface area contributed by atoms with Crippen LogP contribution in [0.4, 0.5) is 0 Å². The summed E-state index contributed by atoms with van der Waals surface area (Å²) < 4.78 is 5.28. The number of aromatic nitrogens is 1. The van der Waals surface area contributed by atoms with Gasteiger partial charge < -0.3 is 9.72 Å². The molecule has 0 saturated carbocycles. The molecule has 0 saturated heterocycles. The molecular weight excluding hydrogens is 182 g/mol. The summed E-state index contributed by atoms with van der Waals surface area (Å²) in [7, 11) is 0. The summed E-state index contributed by atoms with van der Waals surface area (Å²) >= 11 is 5.13. The first-order valence-electron chi connectivity index (χ1n) is 4.40. The highest BCUT2D eigenvalue weighted by atomic mass is 32.1. The van der Waals surface area contributed by atoms with E-state index in [0.717, 1.165) is 11.4 Å². The molecule has 0 bridgehead atoms. The molecule has 72 valence electrons. The number of H-pyrrole nitrogens is 1. The van der Waals surface area contributed by atoms with Gasteiger partial charge in [0.1, 0.15) is 0 Å². The number of hydrogen-bond donors (Lipinski definition) is 1. The minimum absolute atomic E-state index is 0.566. The van der Waals surface area contributed by atoms with E-state index in [9.17, 15) is 0 Å². The van der Waals surface area contributed by atoms with Gasteiger partial charge in [-0.25, -0.2) is 0 Å². The molecule has 0 unspecified atom stereocenters. The Bertz CT molecular complexity index is 328. The summed E-state index contributed by atoms with van der Waals surface area (Å²) in [6, 6.07) is 0. The summed E-state index contributed by atoms with van der Waals surface area (Å²) in [4.78, 5) is 3.23. The zero-order valence-electron chi connectivity index (χ0n) is 8.52. The number of aryl methyl sites for hydroxylation is 1. The molecule has 1 N–H and O–H groups in total. The molecule has 1 rings (SSSR count). The lowest BCUT2D eigenvalue weighted by atomic mass is 10.1. The van der Waals surface area contributed by atoms with Gasteiger partial charge in [0, 0.05) is 5.69 Å². The number of rotatable bonds is 2. The Hall–Kier alpha value is -0.830. The zero-order chi connectivity index (χ0) is 10.0. The third-order valence-corrected chi connectivity index (χ3v) is 2.61. The predicted molar refractivity (Wildman–Crippen MR) is 58.3 cm³/mol. The first-order valence-corrected chi connectivity index (χ1v) is 4.81. The van der Waals surface area contributed by atoms with E-state index in [1.807, 2.05) is 13.8 Å². The maximum Gasteiger partial charge on any atom is 0.208 e. The summed E-state index contributed by atoms with van der Waals surface area (Å²) in [5.41, 5.74) is 4.56. The molecule has 0 aliphatic rings. The molecule has 3 heteroatoms. The van der Waals surface area contributed by atoms with Crippen molar-refractivity contribution in [2.75, 3.05) is 6.61 Å². The highest BCUT2D eigenvalue weighted by Gasteiger charge is 2.11. The van der Waals surface area contributed by atoms with E-state index in [0.29, 0.717) is 11.7 Å². The summed E-state index contributed by atoms with van der Waals surface area (Å²) in [6.07, 6.45) is 0. The highest BCUT2D eigenvalue weighted by molar-refractivity contribution is 7.80. The summed E-state index contributed by atoms with van der Waals surface area (Å²) in [5.74, 6) is 0. The van der Waals surface area contributed by atoms with Gasteiger partial charge in [-0.1, -0.05) is 0 Å². The van der Waals surface area contributed by atoms with E-state index in [2.05, 4.69) is 18.8 Å². The lowest BCUT2D eigenvalue weighted by Gasteiger charge is -2.03. The number of thiocarbonyl (C=S) groups is 1. The fourth-order valence-electron chi connectivity index (χ4n) is 1.25. The second-order valence-corrected chi connectivity index (χ2v) is 3.47. The van der Waals surface area contributed by atoms with Crippen LogP contribution in [0.2, 0.25) is 0 Å². The van der Waals surface area contributed by atoms with Crippen molar-refractivity contribution in [2.24, 2.45) is 0 Å². The molecule has 1 aromatic heterocycles. The van der Waals surface area contributed by atoms with Gasteiger partial charge in [0.05, 0.1) is 12.3 Å². The van der Waals surface area contributed by atoms with Crippen molar-refractivity contribution in [1.82, 2.24) is 4.98 Å². The van der Waals surface area contributed by atoms with Gasteiger partial charge in [0.2, 0.25) is 5.05 Å². The Morgan fingerprint density at radius 2 is 1.92 bits per heavy atom. The van der Waals surface area contributed by atoms with Crippen LogP contribution in [0.25, 0.3) is 0 Å². The first kappa shape index (κ1) is 10.3. The molecule has 0 aromatic carbocycles. The lowest BCUT2D eigenvalue weighted by Crippen LogP contribution is -2.05. The SMILES string of the molecule is CCOC(=S)c1[nH]c(C)c(C)c1C. The van der Waals surface area contributed by atoms with Crippen molar-refractivity contribution >= 4 is 17.3 Å². The van der Waals surface area contributed by atoms with Gasteiger partial charge in [-0.05, 0) is 51.0 Å². The Labute approximate surface area is 84.3 Å². The quantitative estimate of drug-likeness (QED) is 0.737. The second kappa shape index (κ2) is 3.92. The van der Waals surface area contributed by atoms with E-state index < -0.39 is 0 Å². The monoisotopic (exact) mass is 197 g/mol. The van der Waals surface area contributed by atoms with Crippen molar-refractivity contribution < 1.29 is 4.74 Å². The Kier molecular flexibility index (Phi) is 3.09.